The first-order chi connectivity index (χ1) is 5.79. The summed E-state index contributed by atoms with van der Waals surface area (Å²) in [6.45, 7) is 3.10. The van der Waals surface area contributed by atoms with E-state index in [-0.39, 0.29) is 6.47 Å². The molecule has 0 aromatic heterocycles. The molecule has 0 radical (unpaired) electrons. The first kappa shape index (κ1) is 9.48. The number of nitrogens with one attached hydrogen (secondary N) is 1. The highest BCUT2D eigenvalue weighted by atomic mass is 16.3. The standard InChI is InChI=1S/C7H14N2.CH2O2/c8-4-6-3-7(6)1-2-9-5-7;2-1-3/h6,9H,1-5,8H2;1H,(H,2,3). The van der Waals surface area contributed by atoms with E-state index in [9.17, 15) is 0 Å². The molecular formula is C8H16N2O2. The van der Waals surface area contributed by atoms with Crippen molar-refractivity contribution in [1.29, 1.82) is 0 Å². The highest BCUT2D eigenvalue weighted by Gasteiger charge is 2.53. The van der Waals surface area contributed by atoms with Gasteiger partial charge in [0.1, 0.15) is 0 Å². The fraction of sp³-hybridized carbons (Fsp3) is 0.875. The smallest absolute Gasteiger partial charge is 0.290 e. The molecule has 1 aliphatic heterocycles. The van der Waals surface area contributed by atoms with Gasteiger partial charge in [0.15, 0.2) is 0 Å². The van der Waals surface area contributed by atoms with Crippen molar-refractivity contribution in [3.8, 4) is 0 Å². The van der Waals surface area contributed by atoms with Gasteiger partial charge in [-0.1, -0.05) is 0 Å². The summed E-state index contributed by atoms with van der Waals surface area (Å²) in [7, 11) is 0. The number of carbonyl (C=O) groups is 1. The molecule has 0 amide bonds. The Bertz CT molecular complexity index is 155. The second-order valence-electron chi connectivity index (χ2n) is 3.53. The molecule has 1 saturated carbocycles. The summed E-state index contributed by atoms with van der Waals surface area (Å²) in [6, 6.07) is 0. The van der Waals surface area contributed by atoms with E-state index in [2.05, 4.69) is 5.32 Å². The van der Waals surface area contributed by atoms with E-state index < -0.39 is 0 Å². The van der Waals surface area contributed by atoms with Crippen LogP contribution >= 0.6 is 0 Å². The lowest BCUT2D eigenvalue weighted by molar-refractivity contribution is -0.122. The average molecular weight is 172 g/mol. The summed E-state index contributed by atoms with van der Waals surface area (Å²) in [5.41, 5.74) is 6.24. The quantitative estimate of drug-likeness (QED) is 0.472. The molecule has 2 unspecified atom stereocenters. The van der Waals surface area contributed by atoms with Crippen molar-refractivity contribution in [1.82, 2.24) is 5.32 Å². The van der Waals surface area contributed by atoms with Crippen LogP contribution in [0.3, 0.4) is 0 Å². The highest BCUT2D eigenvalue weighted by Crippen LogP contribution is 2.55. The summed E-state index contributed by atoms with van der Waals surface area (Å²) < 4.78 is 0. The average Bonchev–Trinajstić information content (AvgIpc) is 2.50. The van der Waals surface area contributed by atoms with E-state index in [1.54, 1.807) is 0 Å². The molecule has 0 aromatic rings. The van der Waals surface area contributed by atoms with Crippen molar-refractivity contribution in [2.45, 2.75) is 12.8 Å². The molecule has 4 N–H and O–H groups in total. The van der Waals surface area contributed by atoms with Gasteiger partial charge < -0.3 is 16.2 Å². The molecule has 2 rings (SSSR count). The Morgan fingerprint density at radius 2 is 2.42 bits per heavy atom. The lowest BCUT2D eigenvalue weighted by Gasteiger charge is -2.03. The second-order valence-corrected chi connectivity index (χ2v) is 3.53. The maximum absolute atomic E-state index is 8.36. The molecule has 1 aliphatic carbocycles. The molecule has 12 heavy (non-hydrogen) atoms. The third-order valence-electron chi connectivity index (χ3n) is 2.92. The van der Waals surface area contributed by atoms with Crippen molar-refractivity contribution in [3.05, 3.63) is 0 Å². The molecule has 2 fully saturated rings. The van der Waals surface area contributed by atoms with Crippen LogP contribution in [-0.2, 0) is 4.79 Å². The van der Waals surface area contributed by atoms with Crippen LogP contribution < -0.4 is 11.1 Å². The summed E-state index contributed by atoms with van der Waals surface area (Å²) in [5, 5.41) is 10.3. The Morgan fingerprint density at radius 3 is 2.75 bits per heavy atom. The topological polar surface area (TPSA) is 75.3 Å². The molecule has 70 valence electrons. The van der Waals surface area contributed by atoms with E-state index in [1.807, 2.05) is 0 Å². The number of nitrogens with two attached hydrogens (primary N) is 1. The van der Waals surface area contributed by atoms with Gasteiger partial charge in [0.25, 0.3) is 6.47 Å². The van der Waals surface area contributed by atoms with E-state index in [0.29, 0.717) is 5.41 Å². The van der Waals surface area contributed by atoms with Gasteiger partial charge >= 0.3 is 0 Å². The molecule has 2 aliphatic rings. The van der Waals surface area contributed by atoms with Crippen molar-refractivity contribution >= 4 is 6.47 Å². The predicted molar refractivity (Wildman–Crippen MR) is 45.8 cm³/mol. The molecule has 1 spiro atoms. The third kappa shape index (κ3) is 1.76. The zero-order valence-electron chi connectivity index (χ0n) is 7.12. The Morgan fingerprint density at radius 1 is 1.75 bits per heavy atom. The predicted octanol–water partition coefficient (Wildman–Crippen LogP) is -0.354. The fourth-order valence-corrected chi connectivity index (χ4v) is 2.05. The first-order valence-electron chi connectivity index (χ1n) is 4.28. The van der Waals surface area contributed by atoms with Gasteiger partial charge in [-0.05, 0) is 37.3 Å². The second kappa shape index (κ2) is 3.87. The maximum Gasteiger partial charge on any atom is 0.290 e. The van der Waals surface area contributed by atoms with Crippen molar-refractivity contribution in [2.75, 3.05) is 19.6 Å². The van der Waals surface area contributed by atoms with Gasteiger partial charge in [-0.25, -0.2) is 0 Å². The molecule has 1 saturated heterocycles. The van der Waals surface area contributed by atoms with Crippen LogP contribution in [0.4, 0.5) is 0 Å². The number of rotatable bonds is 1. The summed E-state index contributed by atoms with van der Waals surface area (Å²) in [4.78, 5) is 8.36. The monoisotopic (exact) mass is 172 g/mol. The molecule has 4 heteroatoms. The normalized spacial score (nSPS) is 37.2. The van der Waals surface area contributed by atoms with Crippen LogP contribution in [0.15, 0.2) is 0 Å². The zero-order valence-corrected chi connectivity index (χ0v) is 7.12. The number of hydrogen-bond acceptors (Lipinski definition) is 3. The minimum atomic E-state index is -0.250. The largest absolute Gasteiger partial charge is 0.483 e. The van der Waals surface area contributed by atoms with Gasteiger partial charge in [0, 0.05) is 6.54 Å². The molecule has 2 atom stereocenters. The number of hydrogen-bond donors (Lipinski definition) is 3. The highest BCUT2D eigenvalue weighted by molar-refractivity contribution is 5.32. The van der Waals surface area contributed by atoms with Crippen LogP contribution in [0, 0.1) is 11.3 Å². The number of carboxylic acid groups (broad SMARTS) is 1. The summed E-state index contributed by atoms with van der Waals surface area (Å²) in [5.74, 6) is 0.854. The maximum atomic E-state index is 8.36. The van der Waals surface area contributed by atoms with Gasteiger partial charge in [-0.3, -0.25) is 4.79 Å². The van der Waals surface area contributed by atoms with Gasteiger partial charge in [0.2, 0.25) is 0 Å². The lowest BCUT2D eigenvalue weighted by Crippen LogP contribution is -2.14. The fourth-order valence-electron chi connectivity index (χ4n) is 2.05. The van der Waals surface area contributed by atoms with E-state index in [1.165, 1.54) is 25.9 Å². The van der Waals surface area contributed by atoms with Crippen molar-refractivity contribution in [2.24, 2.45) is 17.1 Å². The Kier molecular flexibility index (Phi) is 3.05. The molecular weight excluding hydrogens is 156 g/mol. The minimum Gasteiger partial charge on any atom is -0.483 e. The summed E-state index contributed by atoms with van der Waals surface area (Å²) >= 11 is 0. The minimum absolute atomic E-state index is 0.250. The van der Waals surface area contributed by atoms with Gasteiger partial charge in [0.05, 0.1) is 0 Å². The van der Waals surface area contributed by atoms with Crippen molar-refractivity contribution in [3.63, 3.8) is 0 Å². The van der Waals surface area contributed by atoms with E-state index in [4.69, 9.17) is 15.6 Å². The molecule has 1 heterocycles. The Labute approximate surface area is 72.1 Å². The van der Waals surface area contributed by atoms with Crippen LogP contribution in [0.1, 0.15) is 12.8 Å². The lowest BCUT2D eigenvalue weighted by atomic mass is 10.0. The van der Waals surface area contributed by atoms with Crippen LogP contribution in [0.2, 0.25) is 0 Å². The molecule has 0 bridgehead atoms. The third-order valence-corrected chi connectivity index (χ3v) is 2.92. The van der Waals surface area contributed by atoms with Crippen LogP contribution in [0.5, 0.6) is 0 Å². The molecule has 0 aromatic carbocycles. The SMILES string of the molecule is NCC1CC12CCNC2.O=CO. The first-order valence-corrected chi connectivity index (χ1v) is 4.28. The van der Waals surface area contributed by atoms with Crippen molar-refractivity contribution < 1.29 is 9.90 Å². The van der Waals surface area contributed by atoms with Gasteiger partial charge in [-0.2, -0.15) is 0 Å². The van der Waals surface area contributed by atoms with E-state index >= 15 is 0 Å². The van der Waals surface area contributed by atoms with Crippen LogP contribution in [-0.4, -0.2) is 31.2 Å². The van der Waals surface area contributed by atoms with Crippen LogP contribution in [0.25, 0.3) is 0 Å². The Hall–Kier alpha value is -0.610. The summed E-state index contributed by atoms with van der Waals surface area (Å²) in [6.07, 6.45) is 2.76. The Balaban J connectivity index is 0.000000213. The van der Waals surface area contributed by atoms with Gasteiger partial charge in [-0.15, -0.1) is 0 Å². The van der Waals surface area contributed by atoms with E-state index in [0.717, 1.165) is 12.5 Å². The molecule has 4 nitrogen and oxygen atoms in total. The zero-order chi connectivity index (χ0) is 9.03.